The highest BCUT2D eigenvalue weighted by Gasteiger charge is 2.24. The smallest absolute Gasteiger partial charge is 0.271 e. The number of rotatable bonds is 3. The average Bonchev–Trinajstić information content (AvgIpc) is 3.23. The molecule has 1 aliphatic rings. The Bertz CT molecular complexity index is 993. The molecule has 0 N–H and O–H groups in total. The van der Waals surface area contributed by atoms with Gasteiger partial charge in [0, 0.05) is 19.3 Å². The lowest BCUT2D eigenvalue weighted by atomic mass is 10.2. The van der Waals surface area contributed by atoms with Gasteiger partial charge in [-0.2, -0.15) is 0 Å². The number of thioether (sulfide) groups is 1. The van der Waals surface area contributed by atoms with Crippen molar-refractivity contribution >= 4 is 44.9 Å². The van der Waals surface area contributed by atoms with E-state index in [4.69, 9.17) is 0 Å². The second kappa shape index (κ2) is 6.07. The lowest BCUT2D eigenvalue weighted by Gasteiger charge is -2.17. The predicted molar refractivity (Wildman–Crippen MR) is 98.1 cm³/mol. The third-order valence-corrected chi connectivity index (χ3v) is 6.07. The molecule has 0 saturated heterocycles. The lowest BCUT2D eigenvalue weighted by Crippen LogP contribution is -2.30. The molecule has 24 heavy (non-hydrogen) atoms. The maximum Gasteiger partial charge on any atom is 0.271 e. The highest BCUT2D eigenvalue weighted by atomic mass is 32.2. The van der Waals surface area contributed by atoms with Crippen LogP contribution in [-0.4, -0.2) is 27.8 Å². The van der Waals surface area contributed by atoms with Gasteiger partial charge in [-0.25, -0.2) is 4.98 Å². The molecule has 1 aliphatic heterocycles. The Kier molecular flexibility index (Phi) is 3.90. The molecule has 4 rings (SSSR count). The molecular weight excluding hydrogens is 342 g/mol. The third-order valence-electron chi connectivity index (χ3n) is 4.16. The van der Waals surface area contributed by atoms with E-state index in [1.54, 1.807) is 7.05 Å². The predicted octanol–water partition coefficient (Wildman–Crippen LogP) is 2.68. The van der Waals surface area contributed by atoms with E-state index in [-0.39, 0.29) is 17.2 Å². The van der Waals surface area contributed by atoms with Crippen molar-refractivity contribution in [2.45, 2.75) is 11.6 Å². The second-order valence-electron chi connectivity index (χ2n) is 5.61. The van der Waals surface area contributed by atoms with Gasteiger partial charge in [0.05, 0.1) is 11.3 Å². The van der Waals surface area contributed by atoms with Crippen molar-refractivity contribution in [2.75, 3.05) is 17.2 Å². The third kappa shape index (κ3) is 2.53. The molecule has 0 unspecified atom stereocenters. The summed E-state index contributed by atoms with van der Waals surface area (Å²) < 4.78 is 2.18. The van der Waals surface area contributed by atoms with Crippen LogP contribution in [-0.2, 0) is 18.3 Å². The summed E-state index contributed by atoms with van der Waals surface area (Å²) in [5.74, 6) is 0.314. The van der Waals surface area contributed by atoms with Gasteiger partial charge in [-0.1, -0.05) is 30.0 Å². The maximum atomic E-state index is 12.6. The van der Waals surface area contributed by atoms with Gasteiger partial charge in [0.15, 0.2) is 5.16 Å². The first-order valence-electron chi connectivity index (χ1n) is 7.60. The molecular formula is C17H15N3O2S2. The average molecular weight is 357 g/mol. The van der Waals surface area contributed by atoms with Crippen LogP contribution in [0, 0.1) is 0 Å². The van der Waals surface area contributed by atoms with E-state index < -0.39 is 0 Å². The van der Waals surface area contributed by atoms with Crippen molar-refractivity contribution in [1.29, 1.82) is 0 Å². The Morgan fingerprint density at radius 3 is 3.04 bits per heavy atom. The fourth-order valence-corrected chi connectivity index (χ4v) is 4.55. The largest absolute Gasteiger partial charge is 0.311 e. The lowest BCUT2D eigenvalue weighted by molar-refractivity contribution is -0.116. The number of thiophene rings is 1. The molecule has 0 saturated carbocycles. The molecule has 1 aromatic carbocycles. The standard InChI is InChI=1S/C17H15N3O2S2/c1-19-16(22)15-12(7-9-23-15)18-17(19)24-10-14(21)20-8-6-11-4-2-3-5-13(11)20/h2-5,7,9H,6,8,10H2,1H3. The number of fused-ring (bicyclic) bond motifs is 2. The number of anilines is 1. The number of nitrogens with zero attached hydrogens (tertiary/aromatic N) is 3. The molecule has 3 heterocycles. The van der Waals surface area contributed by atoms with Crippen molar-refractivity contribution in [3.8, 4) is 0 Å². The second-order valence-corrected chi connectivity index (χ2v) is 7.46. The van der Waals surface area contributed by atoms with Crippen LogP contribution in [0.3, 0.4) is 0 Å². The van der Waals surface area contributed by atoms with Crippen molar-refractivity contribution in [1.82, 2.24) is 9.55 Å². The summed E-state index contributed by atoms with van der Waals surface area (Å²) in [6.07, 6.45) is 0.893. The fourth-order valence-electron chi connectivity index (χ4n) is 2.90. The molecule has 2 aromatic heterocycles. The normalized spacial score (nSPS) is 13.5. The molecule has 0 atom stereocenters. The fraction of sp³-hybridized carbons (Fsp3) is 0.235. The van der Waals surface area contributed by atoms with Crippen molar-refractivity contribution < 1.29 is 4.79 Å². The van der Waals surface area contributed by atoms with Crippen LogP contribution >= 0.6 is 23.1 Å². The Hall–Kier alpha value is -2.12. The van der Waals surface area contributed by atoms with Gasteiger partial charge in [0.1, 0.15) is 4.70 Å². The molecule has 0 fully saturated rings. The van der Waals surface area contributed by atoms with Gasteiger partial charge >= 0.3 is 0 Å². The van der Waals surface area contributed by atoms with Gasteiger partial charge in [-0.05, 0) is 29.5 Å². The van der Waals surface area contributed by atoms with Crippen LogP contribution in [0.1, 0.15) is 5.56 Å². The molecule has 122 valence electrons. The molecule has 3 aromatic rings. The molecule has 0 radical (unpaired) electrons. The molecule has 1 amide bonds. The van der Waals surface area contributed by atoms with Crippen molar-refractivity contribution in [3.63, 3.8) is 0 Å². The summed E-state index contributed by atoms with van der Waals surface area (Å²) in [4.78, 5) is 31.2. The van der Waals surface area contributed by atoms with E-state index in [0.717, 1.165) is 12.1 Å². The van der Waals surface area contributed by atoms with Crippen molar-refractivity contribution in [2.24, 2.45) is 7.05 Å². The highest BCUT2D eigenvalue weighted by Crippen LogP contribution is 2.28. The topological polar surface area (TPSA) is 55.2 Å². The van der Waals surface area contributed by atoms with Gasteiger partial charge in [-0.3, -0.25) is 14.2 Å². The summed E-state index contributed by atoms with van der Waals surface area (Å²) >= 11 is 2.71. The Morgan fingerprint density at radius 2 is 2.17 bits per heavy atom. The summed E-state index contributed by atoms with van der Waals surface area (Å²) in [6.45, 7) is 0.717. The summed E-state index contributed by atoms with van der Waals surface area (Å²) in [5.41, 5.74) is 2.85. The minimum Gasteiger partial charge on any atom is -0.311 e. The van der Waals surface area contributed by atoms with Crippen LogP contribution in [0.5, 0.6) is 0 Å². The maximum absolute atomic E-state index is 12.6. The number of benzene rings is 1. The van der Waals surface area contributed by atoms with E-state index in [0.29, 0.717) is 21.9 Å². The first kappa shape index (κ1) is 15.4. The minimum atomic E-state index is -0.0588. The molecule has 0 aliphatic carbocycles. The zero-order valence-corrected chi connectivity index (χ0v) is 14.7. The number of para-hydroxylation sites is 1. The Morgan fingerprint density at radius 1 is 1.33 bits per heavy atom. The van der Waals surface area contributed by atoms with E-state index in [1.165, 1.54) is 33.2 Å². The molecule has 0 spiro atoms. The van der Waals surface area contributed by atoms with Crippen LogP contribution in [0.15, 0.2) is 45.7 Å². The Labute approximate surface area is 146 Å². The van der Waals surface area contributed by atoms with Gasteiger partial charge in [-0.15, -0.1) is 11.3 Å². The quantitative estimate of drug-likeness (QED) is 0.534. The first-order valence-corrected chi connectivity index (χ1v) is 9.47. The number of hydrogen-bond donors (Lipinski definition) is 0. The van der Waals surface area contributed by atoms with Crippen LogP contribution in [0.4, 0.5) is 5.69 Å². The summed E-state index contributed by atoms with van der Waals surface area (Å²) in [6, 6.07) is 9.83. The zero-order valence-electron chi connectivity index (χ0n) is 13.1. The van der Waals surface area contributed by atoms with Gasteiger partial charge in [0.25, 0.3) is 5.56 Å². The minimum absolute atomic E-state index is 0.0459. The number of amides is 1. The zero-order chi connectivity index (χ0) is 16.7. The number of carbonyl (C=O) groups excluding carboxylic acids is 1. The van der Waals surface area contributed by atoms with E-state index >= 15 is 0 Å². The highest BCUT2D eigenvalue weighted by molar-refractivity contribution is 7.99. The number of hydrogen-bond acceptors (Lipinski definition) is 5. The Balaban J connectivity index is 1.54. The van der Waals surface area contributed by atoms with Crippen LogP contribution in [0.2, 0.25) is 0 Å². The SMILES string of the molecule is Cn1c(SCC(=O)N2CCc3ccccc32)nc2ccsc2c1=O. The van der Waals surface area contributed by atoms with Crippen LogP contribution < -0.4 is 10.5 Å². The molecule has 5 nitrogen and oxygen atoms in total. The van der Waals surface area contributed by atoms with E-state index in [1.807, 2.05) is 34.5 Å². The number of carbonyl (C=O) groups is 1. The van der Waals surface area contributed by atoms with Crippen LogP contribution in [0.25, 0.3) is 10.2 Å². The van der Waals surface area contributed by atoms with E-state index in [2.05, 4.69) is 11.1 Å². The molecule has 0 bridgehead atoms. The molecule has 7 heteroatoms. The monoisotopic (exact) mass is 357 g/mol. The van der Waals surface area contributed by atoms with Crippen molar-refractivity contribution in [3.05, 3.63) is 51.6 Å². The van der Waals surface area contributed by atoms with E-state index in [9.17, 15) is 9.59 Å². The summed E-state index contributed by atoms with van der Waals surface area (Å²) in [5, 5.41) is 2.44. The summed E-state index contributed by atoms with van der Waals surface area (Å²) in [7, 11) is 1.70. The number of aromatic nitrogens is 2. The van der Waals surface area contributed by atoms with Gasteiger partial charge < -0.3 is 4.90 Å². The first-order chi connectivity index (χ1) is 11.6. The van der Waals surface area contributed by atoms with Gasteiger partial charge in [0.2, 0.25) is 5.91 Å².